The van der Waals surface area contributed by atoms with Crippen molar-refractivity contribution < 1.29 is 4.39 Å². The molecular weight excluding hydrogens is 241 g/mol. The molecular formula is C10H8FN5S. The molecule has 86 valence electrons. The Kier molecular flexibility index (Phi) is 3.25. The number of hydrogen-bond acceptors (Lipinski definition) is 5. The van der Waals surface area contributed by atoms with Gasteiger partial charge in [-0.3, -0.25) is 0 Å². The molecule has 0 saturated carbocycles. The van der Waals surface area contributed by atoms with Gasteiger partial charge in [0.25, 0.3) is 0 Å². The predicted octanol–water partition coefficient (Wildman–Crippen LogP) is 1.69. The molecule has 0 unspecified atom stereocenters. The number of benzene rings is 1. The Balaban J connectivity index is 2.13. The van der Waals surface area contributed by atoms with E-state index < -0.39 is 0 Å². The van der Waals surface area contributed by atoms with Gasteiger partial charge in [-0.15, -0.1) is 5.10 Å². The lowest BCUT2D eigenvalue weighted by molar-refractivity contribution is 0.626. The normalized spacial score (nSPS) is 10.1. The smallest absolute Gasteiger partial charge is 0.216 e. The minimum absolute atomic E-state index is 0.229. The van der Waals surface area contributed by atoms with E-state index in [1.165, 1.54) is 30.0 Å². The Morgan fingerprint density at radius 2 is 2.35 bits per heavy atom. The largest absolute Gasteiger partial charge is 0.368 e. The van der Waals surface area contributed by atoms with Gasteiger partial charge in [0.1, 0.15) is 5.82 Å². The first-order valence-corrected chi connectivity index (χ1v) is 5.67. The number of hydrogen-bond donors (Lipinski definition) is 2. The fraction of sp³-hybridized carbons (Fsp3) is 0.100. The molecule has 0 saturated heterocycles. The molecule has 0 aliphatic heterocycles. The van der Waals surface area contributed by atoms with E-state index >= 15 is 0 Å². The van der Waals surface area contributed by atoms with E-state index in [-0.39, 0.29) is 11.8 Å². The summed E-state index contributed by atoms with van der Waals surface area (Å²) in [6, 6.07) is 6.06. The Morgan fingerprint density at radius 3 is 3.00 bits per heavy atom. The van der Waals surface area contributed by atoms with Crippen molar-refractivity contribution in [1.82, 2.24) is 15.2 Å². The number of aromatic nitrogens is 3. The maximum Gasteiger partial charge on any atom is 0.216 e. The van der Waals surface area contributed by atoms with Crippen molar-refractivity contribution in [3.8, 4) is 6.07 Å². The first-order chi connectivity index (χ1) is 8.19. The summed E-state index contributed by atoms with van der Waals surface area (Å²) in [6.45, 7) is 0. The summed E-state index contributed by atoms with van der Waals surface area (Å²) in [5, 5.41) is 15.7. The second-order valence-corrected chi connectivity index (χ2v) is 4.15. The van der Waals surface area contributed by atoms with Gasteiger partial charge in [0, 0.05) is 5.75 Å². The molecule has 1 heterocycles. The van der Waals surface area contributed by atoms with Crippen molar-refractivity contribution in [2.45, 2.75) is 10.9 Å². The number of aromatic amines is 1. The molecule has 0 aliphatic rings. The zero-order valence-electron chi connectivity index (χ0n) is 8.64. The van der Waals surface area contributed by atoms with Crippen molar-refractivity contribution in [2.75, 3.05) is 5.73 Å². The Labute approximate surface area is 101 Å². The fourth-order valence-corrected chi connectivity index (χ4v) is 2.05. The summed E-state index contributed by atoms with van der Waals surface area (Å²) in [4.78, 5) is 3.90. The molecule has 0 radical (unpaired) electrons. The Bertz CT molecular complexity index is 574. The number of anilines is 1. The van der Waals surface area contributed by atoms with E-state index in [1.807, 2.05) is 6.07 Å². The summed E-state index contributed by atoms with van der Waals surface area (Å²) in [5.74, 6) is 0.277. The third-order valence-electron chi connectivity index (χ3n) is 2.03. The van der Waals surface area contributed by atoms with Crippen LogP contribution < -0.4 is 5.73 Å². The number of halogens is 1. The van der Waals surface area contributed by atoms with Gasteiger partial charge >= 0.3 is 0 Å². The standard InChI is InChI=1S/C10H8FN5S/c11-8-2-1-6(4-12)7(3-8)5-17-10-14-9(13)15-16-10/h1-3H,5H2,(H3,13,14,15,16). The van der Waals surface area contributed by atoms with E-state index in [1.54, 1.807) is 0 Å². The van der Waals surface area contributed by atoms with E-state index in [9.17, 15) is 4.39 Å². The molecule has 5 nitrogen and oxygen atoms in total. The number of nitriles is 1. The summed E-state index contributed by atoms with van der Waals surface area (Å²) in [7, 11) is 0. The van der Waals surface area contributed by atoms with Crippen molar-refractivity contribution in [3.63, 3.8) is 0 Å². The lowest BCUT2D eigenvalue weighted by Crippen LogP contribution is -1.90. The highest BCUT2D eigenvalue weighted by Crippen LogP contribution is 2.22. The van der Waals surface area contributed by atoms with Crippen LogP contribution in [0.1, 0.15) is 11.1 Å². The zero-order valence-corrected chi connectivity index (χ0v) is 9.46. The van der Waals surface area contributed by atoms with Gasteiger partial charge in [0.15, 0.2) is 0 Å². The van der Waals surface area contributed by atoms with Crippen LogP contribution in [0, 0.1) is 17.1 Å². The molecule has 2 aromatic rings. The van der Waals surface area contributed by atoms with Gasteiger partial charge in [-0.1, -0.05) is 11.8 Å². The molecule has 1 aromatic heterocycles. The van der Waals surface area contributed by atoms with Crippen LogP contribution in [0.15, 0.2) is 23.4 Å². The van der Waals surface area contributed by atoms with Gasteiger partial charge in [-0.2, -0.15) is 10.2 Å². The monoisotopic (exact) mass is 249 g/mol. The van der Waals surface area contributed by atoms with Crippen LogP contribution in [0.2, 0.25) is 0 Å². The number of nitrogens with one attached hydrogen (secondary N) is 1. The van der Waals surface area contributed by atoms with Crippen LogP contribution in [0.25, 0.3) is 0 Å². The van der Waals surface area contributed by atoms with Crippen LogP contribution in [-0.2, 0) is 5.75 Å². The van der Waals surface area contributed by atoms with Crippen LogP contribution in [0.5, 0.6) is 0 Å². The first kappa shape index (κ1) is 11.4. The topological polar surface area (TPSA) is 91.4 Å². The molecule has 3 N–H and O–H groups in total. The molecule has 0 fully saturated rings. The minimum Gasteiger partial charge on any atom is -0.368 e. The van der Waals surface area contributed by atoms with E-state index in [0.29, 0.717) is 22.0 Å². The lowest BCUT2D eigenvalue weighted by Gasteiger charge is -2.01. The maximum atomic E-state index is 13.0. The van der Waals surface area contributed by atoms with Crippen molar-refractivity contribution in [1.29, 1.82) is 5.26 Å². The maximum absolute atomic E-state index is 13.0. The minimum atomic E-state index is -0.367. The second kappa shape index (κ2) is 4.84. The predicted molar refractivity (Wildman–Crippen MR) is 61.5 cm³/mol. The number of H-pyrrole nitrogens is 1. The second-order valence-electron chi connectivity index (χ2n) is 3.21. The van der Waals surface area contributed by atoms with Crippen LogP contribution in [-0.4, -0.2) is 15.2 Å². The number of rotatable bonds is 3. The Hall–Kier alpha value is -2.07. The van der Waals surface area contributed by atoms with Crippen molar-refractivity contribution in [2.24, 2.45) is 0 Å². The summed E-state index contributed by atoms with van der Waals surface area (Å²) >= 11 is 1.28. The SMILES string of the molecule is N#Cc1ccc(F)cc1CSc1n[nH]c(N)n1. The van der Waals surface area contributed by atoms with E-state index in [4.69, 9.17) is 11.0 Å². The van der Waals surface area contributed by atoms with Crippen molar-refractivity contribution >= 4 is 17.7 Å². The molecule has 0 atom stereocenters. The first-order valence-electron chi connectivity index (χ1n) is 4.68. The average Bonchev–Trinajstić information content (AvgIpc) is 2.73. The molecule has 0 aliphatic carbocycles. The number of nitrogens with two attached hydrogens (primary N) is 1. The molecule has 0 bridgehead atoms. The molecule has 17 heavy (non-hydrogen) atoms. The number of thioether (sulfide) groups is 1. The lowest BCUT2D eigenvalue weighted by atomic mass is 10.1. The van der Waals surface area contributed by atoms with Crippen LogP contribution in [0.3, 0.4) is 0 Å². The highest BCUT2D eigenvalue weighted by molar-refractivity contribution is 7.98. The Morgan fingerprint density at radius 1 is 1.53 bits per heavy atom. The van der Waals surface area contributed by atoms with Gasteiger partial charge in [0.2, 0.25) is 11.1 Å². The van der Waals surface area contributed by atoms with Crippen LogP contribution >= 0.6 is 11.8 Å². The van der Waals surface area contributed by atoms with Gasteiger partial charge < -0.3 is 5.73 Å². The van der Waals surface area contributed by atoms with Crippen LogP contribution in [0.4, 0.5) is 10.3 Å². The molecule has 0 spiro atoms. The van der Waals surface area contributed by atoms with E-state index in [0.717, 1.165) is 0 Å². The molecule has 1 aromatic carbocycles. The van der Waals surface area contributed by atoms with Gasteiger partial charge in [0.05, 0.1) is 11.6 Å². The summed E-state index contributed by atoms with van der Waals surface area (Å²) < 4.78 is 13.0. The third kappa shape index (κ3) is 2.73. The molecule has 2 rings (SSSR count). The number of nitrogen functional groups attached to an aromatic ring is 1. The molecule has 0 amide bonds. The number of nitrogens with zero attached hydrogens (tertiary/aromatic N) is 3. The quantitative estimate of drug-likeness (QED) is 0.808. The van der Waals surface area contributed by atoms with Crippen molar-refractivity contribution in [3.05, 3.63) is 35.1 Å². The van der Waals surface area contributed by atoms with Gasteiger partial charge in [-0.05, 0) is 23.8 Å². The highest BCUT2D eigenvalue weighted by atomic mass is 32.2. The zero-order chi connectivity index (χ0) is 12.3. The fourth-order valence-electron chi connectivity index (χ4n) is 1.26. The molecule has 7 heteroatoms. The summed E-state index contributed by atoms with van der Waals surface area (Å²) in [6.07, 6.45) is 0. The highest BCUT2D eigenvalue weighted by Gasteiger charge is 2.07. The summed E-state index contributed by atoms with van der Waals surface area (Å²) in [5.41, 5.74) is 6.43. The van der Waals surface area contributed by atoms with Gasteiger partial charge in [-0.25, -0.2) is 9.49 Å². The average molecular weight is 249 g/mol. The van der Waals surface area contributed by atoms with E-state index in [2.05, 4.69) is 15.2 Å². The third-order valence-corrected chi connectivity index (χ3v) is 2.92.